The maximum absolute atomic E-state index is 9.90. The lowest BCUT2D eigenvalue weighted by molar-refractivity contribution is 0.415. The van der Waals surface area contributed by atoms with Crippen molar-refractivity contribution in [3.63, 3.8) is 0 Å². The van der Waals surface area contributed by atoms with Crippen LogP contribution in [0.5, 0.6) is 11.5 Å². The van der Waals surface area contributed by atoms with Crippen LogP contribution in [0.15, 0.2) is 36.4 Å². The van der Waals surface area contributed by atoms with Crippen LogP contribution in [0.4, 0.5) is 0 Å². The molecule has 0 fully saturated rings. The van der Waals surface area contributed by atoms with Gasteiger partial charge in [0, 0.05) is 16.1 Å². The average Bonchev–Trinajstić information content (AvgIpc) is 2.32. The minimum atomic E-state index is 0.219. The predicted molar refractivity (Wildman–Crippen MR) is 69.8 cm³/mol. The van der Waals surface area contributed by atoms with E-state index in [0.717, 1.165) is 16.7 Å². The molecule has 0 bridgehead atoms. The number of phenolic OH excluding ortho intramolecular Hbond substituents is 1. The molecule has 2 nitrogen and oxygen atoms in total. The average molecular weight is 249 g/mol. The summed E-state index contributed by atoms with van der Waals surface area (Å²) < 4.78 is 5.28. The Morgan fingerprint density at radius 1 is 1.06 bits per heavy atom. The van der Waals surface area contributed by atoms with Gasteiger partial charge in [0.25, 0.3) is 0 Å². The van der Waals surface area contributed by atoms with E-state index in [1.807, 2.05) is 19.1 Å². The smallest absolute Gasteiger partial charge is 0.126 e. The lowest BCUT2D eigenvalue weighted by atomic mass is 10.0. The first-order valence-corrected chi connectivity index (χ1v) is 5.63. The molecule has 3 heteroatoms. The fraction of sp³-hybridized carbons (Fsp3) is 0.143. The van der Waals surface area contributed by atoms with Gasteiger partial charge < -0.3 is 9.84 Å². The van der Waals surface area contributed by atoms with Crippen LogP contribution in [0.1, 0.15) is 5.56 Å². The van der Waals surface area contributed by atoms with Crippen LogP contribution in [0.25, 0.3) is 11.1 Å². The zero-order chi connectivity index (χ0) is 12.4. The fourth-order valence-electron chi connectivity index (χ4n) is 1.76. The van der Waals surface area contributed by atoms with E-state index in [2.05, 4.69) is 0 Å². The van der Waals surface area contributed by atoms with Crippen molar-refractivity contribution < 1.29 is 9.84 Å². The number of methoxy groups -OCH3 is 1. The standard InChI is InChI=1S/C14H13ClO2/c1-9-3-5-13(16)11(7-9)12-8-10(15)4-6-14(12)17-2/h3-8,16H,1-2H3. The predicted octanol–water partition coefficient (Wildman–Crippen LogP) is 4.03. The number of halogens is 1. The van der Waals surface area contributed by atoms with Crippen molar-refractivity contribution in [2.75, 3.05) is 7.11 Å². The van der Waals surface area contributed by atoms with Crippen LogP contribution in [0.3, 0.4) is 0 Å². The zero-order valence-electron chi connectivity index (χ0n) is 9.70. The topological polar surface area (TPSA) is 29.5 Å². The van der Waals surface area contributed by atoms with E-state index in [1.165, 1.54) is 0 Å². The molecular formula is C14H13ClO2. The normalized spacial score (nSPS) is 10.3. The van der Waals surface area contributed by atoms with Gasteiger partial charge in [0.2, 0.25) is 0 Å². The fourth-order valence-corrected chi connectivity index (χ4v) is 1.93. The molecule has 17 heavy (non-hydrogen) atoms. The molecule has 0 saturated carbocycles. The molecule has 0 radical (unpaired) electrons. The van der Waals surface area contributed by atoms with E-state index in [9.17, 15) is 5.11 Å². The highest BCUT2D eigenvalue weighted by Crippen LogP contribution is 2.37. The van der Waals surface area contributed by atoms with Crippen molar-refractivity contribution in [2.24, 2.45) is 0 Å². The molecule has 88 valence electrons. The van der Waals surface area contributed by atoms with Crippen LogP contribution in [-0.2, 0) is 0 Å². The number of aromatic hydroxyl groups is 1. The van der Waals surface area contributed by atoms with Crippen LogP contribution in [0, 0.1) is 6.92 Å². The zero-order valence-corrected chi connectivity index (χ0v) is 10.5. The maximum Gasteiger partial charge on any atom is 0.126 e. The van der Waals surface area contributed by atoms with Gasteiger partial charge in [-0.1, -0.05) is 23.2 Å². The quantitative estimate of drug-likeness (QED) is 0.870. The third kappa shape index (κ3) is 2.37. The Bertz CT molecular complexity index is 550. The van der Waals surface area contributed by atoms with Crippen molar-refractivity contribution in [1.82, 2.24) is 0 Å². The van der Waals surface area contributed by atoms with Crippen LogP contribution in [-0.4, -0.2) is 12.2 Å². The summed E-state index contributed by atoms with van der Waals surface area (Å²) in [6.07, 6.45) is 0. The summed E-state index contributed by atoms with van der Waals surface area (Å²) in [7, 11) is 1.60. The third-order valence-corrected chi connectivity index (χ3v) is 2.84. The summed E-state index contributed by atoms with van der Waals surface area (Å²) in [6.45, 7) is 1.97. The van der Waals surface area contributed by atoms with E-state index >= 15 is 0 Å². The number of aryl methyl sites for hydroxylation is 1. The van der Waals surface area contributed by atoms with E-state index in [0.29, 0.717) is 10.8 Å². The van der Waals surface area contributed by atoms with Gasteiger partial charge in [-0.25, -0.2) is 0 Å². The molecule has 0 aliphatic carbocycles. The summed E-state index contributed by atoms with van der Waals surface area (Å²) >= 11 is 5.98. The van der Waals surface area contributed by atoms with E-state index in [4.69, 9.17) is 16.3 Å². The summed E-state index contributed by atoms with van der Waals surface area (Å²) in [6, 6.07) is 10.8. The Morgan fingerprint density at radius 3 is 2.53 bits per heavy atom. The SMILES string of the molecule is COc1ccc(Cl)cc1-c1cc(C)ccc1O. The number of hydrogen-bond donors (Lipinski definition) is 1. The minimum Gasteiger partial charge on any atom is -0.507 e. The molecule has 0 saturated heterocycles. The Kier molecular flexibility index (Phi) is 3.25. The van der Waals surface area contributed by atoms with Crippen LogP contribution in [0.2, 0.25) is 5.02 Å². The summed E-state index contributed by atoms with van der Waals surface area (Å²) in [4.78, 5) is 0. The van der Waals surface area contributed by atoms with Gasteiger partial charge in [-0.2, -0.15) is 0 Å². The Labute approximate surface area is 105 Å². The van der Waals surface area contributed by atoms with Crippen molar-refractivity contribution in [2.45, 2.75) is 6.92 Å². The number of phenols is 1. The Hall–Kier alpha value is -1.67. The molecule has 0 heterocycles. The van der Waals surface area contributed by atoms with E-state index in [1.54, 1.807) is 31.4 Å². The summed E-state index contributed by atoms with van der Waals surface area (Å²) in [5.74, 6) is 0.909. The second-order valence-corrected chi connectivity index (χ2v) is 4.30. The van der Waals surface area contributed by atoms with Gasteiger partial charge in [-0.3, -0.25) is 0 Å². The maximum atomic E-state index is 9.90. The van der Waals surface area contributed by atoms with E-state index in [-0.39, 0.29) is 5.75 Å². The van der Waals surface area contributed by atoms with Gasteiger partial charge in [-0.05, 0) is 37.3 Å². The molecule has 0 aliphatic rings. The molecule has 0 amide bonds. The Morgan fingerprint density at radius 2 is 1.82 bits per heavy atom. The molecular weight excluding hydrogens is 236 g/mol. The molecule has 1 N–H and O–H groups in total. The first-order valence-electron chi connectivity index (χ1n) is 5.25. The van der Waals surface area contributed by atoms with Crippen molar-refractivity contribution in [1.29, 1.82) is 0 Å². The summed E-state index contributed by atoms with van der Waals surface area (Å²) in [5.41, 5.74) is 2.59. The highest BCUT2D eigenvalue weighted by molar-refractivity contribution is 6.31. The molecule has 2 aromatic carbocycles. The number of hydrogen-bond acceptors (Lipinski definition) is 2. The van der Waals surface area contributed by atoms with Crippen LogP contribution < -0.4 is 4.74 Å². The minimum absolute atomic E-state index is 0.219. The molecule has 0 aromatic heterocycles. The first kappa shape index (κ1) is 11.8. The second-order valence-electron chi connectivity index (χ2n) is 3.87. The molecule has 2 rings (SSSR count). The molecule has 0 unspecified atom stereocenters. The molecule has 0 aliphatic heterocycles. The highest BCUT2D eigenvalue weighted by Gasteiger charge is 2.10. The van der Waals surface area contributed by atoms with Gasteiger partial charge >= 0.3 is 0 Å². The largest absolute Gasteiger partial charge is 0.507 e. The molecule has 0 atom stereocenters. The molecule has 2 aromatic rings. The van der Waals surface area contributed by atoms with Gasteiger partial charge in [0.1, 0.15) is 11.5 Å². The second kappa shape index (κ2) is 4.68. The van der Waals surface area contributed by atoms with Gasteiger partial charge in [-0.15, -0.1) is 0 Å². The first-order chi connectivity index (χ1) is 8.11. The Balaban J connectivity index is 2.66. The van der Waals surface area contributed by atoms with Crippen molar-refractivity contribution in [3.05, 3.63) is 47.0 Å². The lowest BCUT2D eigenvalue weighted by Gasteiger charge is -2.11. The monoisotopic (exact) mass is 248 g/mol. The number of rotatable bonds is 2. The third-order valence-electron chi connectivity index (χ3n) is 2.60. The van der Waals surface area contributed by atoms with E-state index < -0.39 is 0 Å². The summed E-state index contributed by atoms with van der Waals surface area (Å²) in [5, 5.41) is 10.5. The van der Waals surface area contributed by atoms with Gasteiger partial charge in [0.15, 0.2) is 0 Å². The highest BCUT2D eigenvalue weighted by atomic mass is 35.5. The van der Waals surface area contributed by atoms with Crippen molar-refractivity contribution >= 4 is 11.6 Å². The number of benzene rings is 2. The van der Waals surface area contributed by atoms with Crippen LogP contribution >= 0.6 is 11.6 Å². The lowest BCUT2D eigenvalue weighted by Crippen LogP contribution is -1.89. The number of ether oxygens (including phenoxy) is 1. The van der Waals surface area contributed by atoms with Gasteiger partial charge in [0.05, 0.1) is 7.11 Å². The van der Waals surface area contributed by atoms with Crippen molar-refractivity contribution in [3.8, 4) is 22.6 Å². The molecule has 0 spiro atoms.